The maximum atomic E-state index is 13.8. The average Bonchev–Trinajstić information content (AvgIpc) is 2.88. The van der Waals surface area contributed by atoms with Gasteiger partial charge in [-0.15, -0.1) is 0 Å². The van der Waals surface area contributed by atoms with Crippen LogP contribution in [0.4, 0.5) is 4.39 Å². The normalized spacial score (nSPS) is 11.3. The first-order valence-corrected chi connectivity index (χ1v) is 8.66. The van der Waals surface area contributed by atoms with Gasteiger partial charge in [-0.3, -0.25) is 4.79 Å². The van der Waals surface area contributed by atoms with Crippen molar-refractivity contribution in [3.8, 4) is 6.07 Å². The molecule has 26 heavy (non-hydrogen) atoms. The number of aryl methyl sites for hydroxylation is 1. The Kier molecular flexibility index (Phi) is 6.35. The van der Waals surface area contributed by atoms with Gasteiger partial charge < -0.3 is 9.47 Å². The van der Waals surface area contributed by atoms with Crippen LogP contribution < -0.4 is 0 Å². The van der Waals surface area contributed by atoms with Gasteiger partial charge in [-0.1, -0.05) is 25.1 Å². The van der Waals surface area contributed by atoms with Gasteiger partial charge in [0.25, 0.3) is 5.91 Å². The predicted molar refractivity (Wildman–Crippen MR) is 101 cm³/mol. The summed E-state index contributed by atoms with van der Waals surface area (Å²) in [5.41, 5.74) is 3.45. The molecular weight excluding hydrogens is 329 g/mol. The van der Waals surface area contributed by atoms with Crippen molar-refractivity contribution in [1.29, 1.82) is 5.26 Å². The van der Waals surface area contributed by atoms with Crippen LogP contribution in [0.2, 0.25) is 0 Å². The number of halogens is 1. The molecule has 0 aliphatic heterocycles. The van der Waals surface area contributed by atoms with Crippen LogP contribution in [-0.4, -0.2) is 22.4 Å². The molecule has 0 radical (unpaired) electrons. The van der Waals surface area contributed by atoms with Crippen LogP contribution in [0.3, 0.4) is 0 Å². The van der Waals surface area contributed by atoms with Crippen molar-refractivity contribution < 1.29 is 9.18 Å². The molecule has 2 rings (SSSR count). The largest absolute Gasteiger partial charge is 0.349 e. The third-order valence-corrected chi connectivity index (χ3v) is 4.42. The first-order valence-electron chi connectivity index (χ1n) is 8.66. The van der Waals surface area contributed by atoms with Crippen molar-refractivity contribution in [3.63, 3.8) is 0 Å². The molecule has 0 atom stereocenters. The second-order valence-corrected chi connectivity index (χ2v) is 6.40. The zero-order valence-corrected chi connectivity index (χ0v) is 15.7. The van der Waals surface area contributed by atoms with Gasteiger partial charge in [0, 0.05) is 37.1 Å². The molecule has 0 fully saturated rings. The first-order chi connectivity index (χ1) is 12.4. The van der Waals surface area contributed by atoms with Crippen LogP contribution in [0.25, 0.3) is 6.08 Å². The molecule has 1 aromatic heterocycles. The second-order valence-electron chi connectivity index (χ2n) is 6.40. The van der Waals surface area contributed by atoms with Gasteiger partial charge in [-0.25, -0.2) is 4.39 Å². The summed E-state index contributed by atoms with van der Waals surface area (Å²) < 4.78 is 16.0. The minimum atomic E-state index is -0.420. The lowest BCUT2D eigenvalue weighted by Gasteiger charge is -2.17. The summed E-state index contributed by atoms with van der Waals surface area (Å²) in [6.07, 6.45) is 2.63. The molecule has 0 bridgehead atoms. The van der Waals surface area contributed by atoms with Gasteiger partial charge in [0.15, 0.2) is 0 Å². The lowest BCUT2D eigenvalue weighted by molar-refractivity contribution is -0.125. The highest BCUT2D eigenvalue weighted by atomic mass is 19.1. The van der Waals surface area contributed by atoms with E-state index in [4.69, 9.17) is 0 Å². The smallest absolute Gasteiger partial charge is 0.264 e. The Bertz CT molecular complexity index is 874. The Labute approximate surface area is 154 Å². The summed E-state index contributed by atoms with van der Waals surface area (Å²) in [7, 11) is 1.57. The second kappa shape index (κ2) is 8.48. The molecule has 1 heterocycles. The van der Waals surface area contributed by atoms with Crippen molar-refractivity contribution in [2.45, 2.75) is 40.3 Å². The van der Waals surface area contributed by atoms with Gasteiger partial charge in [-0.05, 0) is 44.0 Å². The van der Waals surface area contributed by atoms with Crippen LogP contribution in [0, 0.1) is 31.0 Å². The third kappa shape index (κ3) is 4.20. The fourth-order valence-electron chi connectivity index (χ4n) is 3.00. The van der Waals surface area contributed by atoms with E-state index >= 15 is 0 Å². The van der Waals surface area contributed by atoms with E-state index in [0.717, 1.165) is 29.9 Å². The molecule has 0 aliphatic carbocycles. The summed E-state index contributed by atoms with van der Waals surface area (Å²) in [6, 6.07) is 10.3. The number of nitrogens with zero attached hydrogens (tertiary/aromatic N) is 3. The molecule has 2 aromatic rings. The number of carbonyl (C=O) groups excluding carboxylic acids is 1. The van der Waals surface area contributed by atoms with Gasteiger partial charge in [0.2, 0.25) is 0 Å². The maximum Gasteiger partial charge on any atom is 0.264 e. The lowest BCUT2D eigenvalue weighted by Crippen LogP contribution is -2.27. The minimum Gasteiger partial charge on any atom is -0.349 e. The number of hydrogen-bond donors (Lipinski definition) is 0. The molecular formula is C21H24FN3O. The molecule has 0 N–H and O–H groups in total. The van der Waals surface area contributed by atoms with Crippen molar-refractivity contribution >= 4 is 12.0 Å². The van der Waals surface area contributed by atoms with E-state index in [1.54, 1.807) is 31.3 Å². The first kappa shape index (κ1) is 19.5. The molecule has 0 saturated carbocycles. The standard InChI is InChI=1S/C21H24FN3O/c1-5-10-25-15(2)11-18(16(25)3)12-19(13-23)21(26)24(4)14-17-8-6-7-9-20(17)22/h6-9,11-12H,5,10,14H2,1-4H3. The van der Waals surface area contributed by atoms with Crippen LogP contribution in [0.5, 0.6) is 0 Å². The highest BCUT2D eigenvalue weighted by Gasteiger charge is 2.17. The fraction of sp³-hybridized carbons (Fsp3) is 0.333. The average molecular weight is 353 g/mol. The van der Waals surface area contributed by atoms with Crippen molar-refractivity contribution in [2.75, 3.05) is 7.05 Å². The van der Waals surface area contributed by atoms with Crippen molar-refractivity contribution in [2.24, 2.45) is 0 Å². The van der Waals surface area contributed by atoms with Crippen LogP contribution in [0.15, 0.2) is 35.9 Å². The molecule has 5 heteroatoms. The number of nitriles is 1. The Hall–Kier alpha value is -2.87. The fourth-order valence-corrected chi connectivity index (χ4v) is 3.00. The number of rotatable bonds is 6. The van der Waals surface area contributed by atoms with Crippen LogP contribution in [-0.2, 0) is 17.9 Å². The molecule has 0 spiro atoms. The molecule has 0 unspecified atom stereocenters. The number of amides is 1. The molecule has 0 aliphatic rings. The summed E-state index contributed by atoms with van der Waals surface area (Å²) in [4.78, 5) is 14.0. The van der Waals surface area contributed by atoms with E-state index < -0.39 is 5.91 Å². The molecule has 1 aromatic carbocycles. The van der Waals surface area contributed by atoms with Crippen molar-refractivity contribution in [1.82, 2.24) is 9.47 Å². The van der Waals surface area contributed by atoms with Gasteiger partial charge in [0.1, 0.15) is 17.5 Å². The lowest BCUT2D eigenvalue weighted by atomic mass is 10.1. The van der Waals surface area contributed by atoms with Crippen molar-refractivity contribution in [3.05, 3.63) is 64.2 Å². The van der Waals surface area contributed by atoms with E-state index in [1.807, 2.05) is 26.0 Å². The Morgan fingerprint density at radius 2 is 2.04 bits per heavy atom. The molecule has 4 nitrogen and oxygen atoms in total. The number of hydrogen-bond acceptors (Lipinski definition) is 2. The predicted octanol–water partition coefficient (Wildman–Crippen LogP) is 4.22. The monoisotopic (exact) mass is 353 g/mol. The Balaban J connectivity index is 2.26. The van der Waals surface area contributed by atoms with Crippen LogP contribution >= 0.6 is 0 Å². The maximum absolute atomic E-state index is 13.8. The van der Waals surface area contributed by atoms with E-state index in [2.05, 4.69) is 11.5 Å². The molecule has 0 saturated heterocycles. The van der Waals surface area contributed by atoms with E-state index in [0.29, 0.717) is 5.56 Å². The SMILES string of the molecule is CCCn1c(C)cc(C=C(C#N)C(=O)N(C)Cc2ccccc2F)c1C. The Morgan fingerprint density at radius 3 is 2.65 bits per heavy atom. The summed E-state index contributed by atoms with van der Waals surface area (Å²) in [5.74, 6) is -0.784. The van der Waals surface area contributed by atoms with Gasteiger partial charge >= 0.3 is 0 Å². The topological polar surface area (TPSA) is 49.0 Å². The van der Waals surface area contributed by atoms with E-state index in [-0.39, 0.29) is 17.9 Å². The quantitative estimate of drug-likeness (QED) is 0.577. The van der Waals surface area contributed by atoms with Gasteiger partial charge in [0.05, 0.1) is 0 Å². The highest BCUT2D eigenvalue weighted by molar-refractivity contribution is 6.01. The van der Waals surface area contributed by atoms with Gasteiger partial charge in [-0.2, -0.15) is 5.26 Å². The van der Waals surface area contributed by atoms with E-state index in [1.165, 1.54) is 11.0 Å². The summed E-state index contributed by atoms with van der Waals surface area (Å²) in [5, 5.41) is 9.45. The summed E-state index contributed by atoms with van der Waals surface area (Å²) in [6.45, 7) is 7.11. The van der Waals surface area contributed by atoms with E-state index in [9.17, 15) is 14.4 Å². The molecule has 136 valence electrons. The zero-order valence-electron chi connectivity index (χ0n) is 15.7. The van der Waals surface area contributed by atoms with Crippen LogP contribution in [0.1, 0.15) is 35.9 Å². The zero-order chi connectivity index (χ0) is 19.3. The summed E-state index contributed by atoms with van der Waals surface area (Å²) >= 11 is 0. The number of likely N-dealkylation sites (N-methyl/N-ethyl adjacent to an activating group) is 1. The number of benzene rings is 1. The Morgan fingerprint density at radius 1 is 1.35 bits per heavy atom. The highest BCUT2D eigenvalue weighted by Crippen LogP contribution is 2.20. The minimum absolute atomic E-state index is 0.0422. The third-order valence-electron chi connectivity index (χ3n) is 4.42. The number of carbonyl (C=O) groups is 1. The number of aromatic nitrogens is 1. The molecule has 1 amide bonds.